The van der Waals surface area contributed by atoms with Gasteiger partial charge in [-0.05, 0) is 30.5 Å². The normalized spacial score (nSPS) is 16.1. The molecule has 0 atom stereocenters. The van der Waals surface area contributed by atoms with Crippen LogP contribution in [0.5, 0.6) is 0 Å². The molecule has 3 nitrogen and oxygen atoms in total. The molecule has 2 rings (SSSR count). The molecule has 1 aliphatic carbocycles. The standard InChI is InChI=1S/C18H24N2O/c1-18(10-3-4-11-18)17(21)20(2)14-16-8-5-7-15(13-16)9-6-12-19/h5,7-8,13H,3-4,10-12,14,19H2,1-2H3. The first-order valence-electron chi connectivity index (χ1n) is 7.59. The third kappa shape index (κ3) is 3.86. The molecule has 2 N–H and O–H groups in total. The lowest BCUT2D eigenvalue weighted by atomic mass is 9.87. The van der Waals surface area contributed by atoms with Crippen LogP contribution in [0.25, 0.3) is 0 Å². The second-order valence-electron chi connectivity index (χ2n) is 6.14. The van der Waals surface area contributed by atoms with E-state index in [1.807, 2.05) is 36.2 Å². The monoisotopic (exact) mass is 284 g/mol. The van der Waals surface area contributed by atoms with Crippen molar-refractivity contribution in [3.8, 4) is 11.8 Å². The molecule has 3 heteroatoms. The van der Waals surface area contributed by atoms with E-state index in [1.54, 1.807) is 0 Å². The Labute approximate surface area is 127 Å². The van der Waals surface area contributed by atoms with E-state index >= 15 is 0 Å². The third-order valence-corrected chi connectivity index (χ3v) is 4.25. The first-order chi connectivity index (χ1) is 10.0. The van der Waals surface area contributed by atoms with E-state index in [1.165, 1.54) is 12.8 Å². The van der Waals surface area contributed by atoms with Crippen molar-refractivity contribution < 1.29 is 4.79 Å². The van der Waals surface area contributed by atoms with E-state index in [0.29, 0.717) is 13.1 Å². The molecule has 1 fully saturated rings. The molecule has 0 aliphatic heterocycles. The van der Waals surface area contributed by atoms with Crippen molar-refractivity contribution in [3.63, 3.8) is 0 Å². The molecule has 0 aromatic heterocycles. The number of hydrogen-bond acceptors (Lipinski definition) is 2. The van der Waals surface area contributed by atoms with Gasteiger partial charge in [-0.2, -0.15) is 0 Å². The number of carbonyl (C=O) groups excluding carboxylic acids is 1. The molecule has 21 heavy (non-hydrogen) atoms. The fourth-order valence-electron chi connectivity index (χ4n) is 3.08. The topological polar surface area (TPSA) is 46.3 Å². The summed E-state index contributed by atoms with van der Waals surface area (Å²) < 4.78 is 0. The fraction of sp³-hybridized carbons (Fsp3) is 0.500. The second kappa shape index (κ2) is 6.78. The van der Waals surface area contributed by atoms with Crippen LogP contribution in [-0.4, -0.2) is 24.4 Å². The summed E-state index contributed by atoms with van der Waals surface area (Å²) in [5.41, 5.74) is 7.29. The van der Waals surface area contributed by atoms with Crippen LogP contribution in [0, 0.1) is 17.3 Å². The fourth-order valence-corrected chi connectivity index (χ4v) is 3.08. The summed E-state index contributed by atoms with van der Waals surface area (Å²) >= 11 is 0. The average Bonchev–Trinajstić information content (AvgIpc) is 2.92. The lowest BCUT2D eigenvalue weighted by Crippen LogP contribution is -2.38. The van der Waals surface area contributed by atoms with E-state index in [4.69, 9.17) is 5.73 Å². The van der Waals surface area contributed by atoms with Crippen molar-refractivity contribution >= 4 is 5.91 Å². The maximum atomic E-state index is 12.6. The van der Waals surface area contributed by atoms with Crippen molar-refractivity contribution in [3.05, 3.63) is 35.4 Å². The lowest BCUT2D eigenvalue weighted by molar-refractivity contribution is -0.140. The molecule has 1 aromatic carbocycles. The van der Waals surface area contributed by atoms with Crippen LogP contribution >= 0.6 is 0 Å². The SMILES string of the molecule is CN(Cc1cccc(C#CCN)c1)C(=O)C1(C)CCCC1. The maximum Gasteiger partial charge on any atom is 0.228 e. The molecular weight excluding hydrogens is 260 g/mol. The maximum absolute atomic E-state index is 12.6. The molecule has 0 heterocycles. The highest BCUT2D eigenvalue weighted by molar-refractivity contribution is 5.82. The van der Waals surface area contributed by atoms with Gasteiger partial charge in [0, 0.05) is 24.6 Å². The predicted octanol–water partition coefficient (Wildman–Crippen LogP) is 2.54. The zero-order valence-electron chi connectivity index (χ0n) is 13.0. The molecular formula is C18H24N2O. The summed E-state index contributed by atoms with van der Waals surface area (Å²) in [6.45, 7) is 3.09. The minimum absolute atomic E-state index is 0.161. The molecule has 0 bridgehead atoms. The van der Waals surface area contributed by atoms with E-state index < -0.39 is 0 Å². The zero-order valence-corrected chi connectivity index (χ0v) is 13.0. The number of carbonyl (C=O) groups is 1. The van der Waals surface area contributed by atoms with Gasteiger partial charge in [0.05, 0.1) is 6.54 Å². The van der Waals surface area contributed by atoms with Crippen LogP contribution in [0.4, 0.5) is 0 Å². The Morgan fingerprint density at radius 1 is 1.38 bits per heavy atom. The van der Waals surface area contributed by atoms with Crippen molar-refractivity contribution in [1.82, 2.24) is 4.90 Å². The van der Waals surface area contributed by atoms with Crippen LogP contribution in [0.2, 0.25) is 0 Å². The van der Waals surface area contributed by atoms with Gasteiger partial charge in [0.1, 0.15) is 0 Å². The third-order valence-electron chi connectivity index (χ3n) is 4.25. The Morgan fingerprint density at radius 3 is 2.76 bits per heavy atom. The van der Waals surface area contributed by atoms with Gasteiger partial charge in [0.2, 0.25) is 5.91 Å². The first-order valence-corrected chi connectivity index (χ1v) is 7.59. The molecule has 1 saturated carbocycles. The van der Waals surface area contributed by atoms with Crippen molar-refractivity contribution in [2.75, 3.05) is 13.6 Å². The van der Waals surface area contributed by atoms with Crippen LogP contribution in [0.15, 0.2) is 24.3 Å². The van der Waals surface area contributed by atoms with E-state index in [0.717, 1.165) is 24.0 Å². The quantitative estimate of drug-likeness (QED) is 0.867. The second-order valence-corrected chi connectivity index (χ2v) is 6.14. The van der Waals surface area contributed by atoms with Gasteiger partial charge in [-0.25, -0.2) is 0 Å². The predicted molar refractivity (Wildman–Crippen MR) is 85.4 cm³/mol. The van der Waals surface area contributed by atoms with Crippen molar-refractivity contribution in [2.45, 2.75) is 39.2 Å². The molecule has 0 spiro atoms. The van der Waals surface area contributed by atoms with Crippen LogP contribution in [-0.2, 0) is 11.3 Å². The highest BCUT2D eigenvalue weighted by Crippen LogP contribution is 2.39. The molecule has 1 aromatic rings. The van der Waals surface area contributed by atoms with Gasteiger partial charge in [-0.3, -0.25) is 4.79 Å². The minimum atomic E-state index is -0.161. The van der Waals surface area contributed by atoms with E-state index in [-0.39, 0.29) is 11.3 Å². The largest absolute Gasteiger partial charge is 0.341 e. The smallest absolute Gasteiger partial charge is 0.228 e. The van der Waals surface area contributed by atoms with Crippen LogP contribution < -0.4 is 5.73 Å². The van der Waals surface area contributed by atoms with E-state index in [9.17, 15) is 4.79 Å². The van der Waals surface area contributed by atoms with Gasteiger partial charge in [-0.1, -0.05) is 43.7 Å². The van der Waals surface area contributed by atoms with Crippen LogP contribution in [0.1, 0.15) is 43.7 Å². The number of hydrogen-bond donors (Lipinski definition) is 1. The summed E-state index contributed by atoms with van der Waals surface area (Å²) in [6, 6.07) is 8.01. The zero-order chi connectivity index (χ0) is 15.3. The Bertz CT molecular complexity index is 562. The van der Waals surface area contributed by atoms with Crippen molar-refractivity contribution in [2.24, 2.45) is 11.1 Å². The molecule has 112 valence electrons. The summed E-state index contributed by atoms with van der Waals surface area (Å²) in [7, 11) is 1.89. The van der Waals surface area contributed by atoms with Gasteiger partial charge in [0.15, 0.2) is 0 Å². The number of rotatable bonds is 3. The van der Waals surface area contributed by atoms with Gasteiger partial charge in [-0.15, -0.1) is 0 Å². The highest BCUT2D eigenvalue weighted by atomic mass is 16.2. The lowest BCUT2D eigenvalue weighted by Gasteiger charge is -2.29. The summed E-state index contributed by atoms with van der Waals surface area (Å²) in [5, 5.41) is 0. The summed E-state index contributed by atoms with van der Waals surface area (Å²) in [4.78, 5) is 14.5. The van der Waals surface area contributed by atoms with Crippen LogP contribution in [0.3, 0.4) is 0 Å². The Morgan fingerprint density at radius 2 is 2.10 bits per heavy atom. The minimum Gasteiger partial charge on any atom is -0.341 e. The summed E-state index contributed by atoms with van der Waals surface area (Å²) in [5.74, 6) is 6.15. The molecule has 0 unspecified atom stereocenters. The molecule has 1 aliphatic rings. The van der Waals surface area contributed by atoms with Crippen molar-refractivity contribution in [1.29, 1.82) is 0 Å². The number of benzene rings is 1. The van der Waals surface area contributed by atoms with Gasteiger partial charge < -0.3 is 10.6 Å². The first kappa shape index (κ1) is 15.6. The summed E-state index contributed by atoms with van der Waals surface area (Å²) in [6.07, 6.45) is 4.36. The highest BCUT2D eigenvalue weighted by Gasteiger charge is 2.37. The molecule has 1 amide bonds. The number of amides is 1. The Kier molecular flexibility index (Phi) is 5.03. The molecule has 0 saturated heterocycles. The van der Waals surface area contributed by atoms with Gasteiger partial charge >= 0.3 is 0 Å². The number of nitrogens with two attached hydrogens (primary N) is 1. The molecule has 0 radical (unpaired) electrons. The Balaban J connectivity index is 2.05. The number of nitrogens with zero attached hydrogens (tertiary/aromatic N) is 1. The van der Waals surface area contributed by atoms with E-state index in [2.05, 4.69) is 18.8 Å². The Hall–Kier alpha value is -1.79. The average molecular weight is 284 g/mol. The van der Waals surface area contributed by atoms with Gasteiger partial charge in [0.25, 0.3) is 0 Å².